The Bertz CT molecular complexity index is 600. The van der Waals surface area contributed by atoms with Gasteiger partial charge >= 0.3 is 0 Å². The maximum absolute atomic E-state index is 12.3. The molecule has 0 aromatic heterocycles. The number of para-hydroxylation sites is 1. The number of rotatable bonds is 3. The highest BCUT2D eigenvalue weighted by molar-refractivity contribution is 6.18. The molecule has 1 aromatic rings. The molecular formula is C18H23N3O. The highest BCUT2D eigenvalue weighted by Crippen LogP contribution is 2.20. The van der Waals surface area contributed by atoms with Gasteiger partial charge in [0.15, 0.2) is 0 Å². The first-order valence-electron chi connectivity index (χ1n) is 8.08. The Labute approximate surface area is 131 Å². The van der Waals surface area contributed by atoms with Crippen LogP contribution in [0.1, 0.15) is 31.2 Å². The molecular weight excluding hydrogens is 274 g/mol. The first-order chi connectivity index (χ1) is 10.7. The smallest absolute Gasteiger partial charge is 0.256 e. The largest absolute Gasteiger partial charge is 0.322 e. The Morgan fingerprint density at radius 2 is 2.00 bits per heavy atom. The Morgan fingerprint density at radius 3 is 2.68 bits per heavy atom. The van der Waals surface area contributed by atoms with Crippen LogP contribution in [-0.2, 0) is 4.79 Å². The monoisotopic (exact) mass is 297 g/mol. The number of carbonyl (C=O) groups is 1. The fraction of sp³-hybridized carbons (Fsp3) is 0.444. The number of dihydropyridines is 1. The fourth-order valence-electron chi connectivity index (χ4n) is 3.03. The zero-order valence-electron chi connectivity index (χ0n) is 13.1. The molecule has 2 aliphatic rings. The van der Waals surface area contributed by atoms with Crippen LogP contribution >= 0.6 is 0 Å². The van der Waals surface area contributed by atoms with E-state index in [9.17, 15) is 4.79 Å². The molecule has 1 N–H and O–H groups in total. The summed E-state index contributed by atoms with van der Waals surface area (Å²) in [5.41, 5.74) is 2.59. The molecule has 1 amide bonds. The molecule has 1 atom stereocenters. The molecule has 0 radical (unpaired) electrons. The van der Waals surface area contributed by atoms with E-state index in [-0.39, 0.29) is 12.1 Å². The molecule has 2 heterocycles. The second-order valence-corrected chi connectivity index (χ2v) is 6.02. The number of hydrogen-bond acceptors (Lipinski definition) is 3. The third-order valence-corrected chi connectivity index (χ3v) is 4.40. The third-order valence-electron chi connectivity index (χ3n) is 4.40. The zero-order valence-corrected chi connectivity index (χ0v) is 13.1. The van der Waals surface area contributed by atoms with Gasteiger partial charge in [-0.3, -0.25) is 14.7 Å². The van der Waals surface area contributed by atoms with E-state index in [0.29, 0.717) is 5.57 Å². The number of likely N-dealkylation sites (tertiary alicyclic amines) is 1. The van der Waals surface area contributed by atoms with Crippen LogP contribution in [0.15, 0.2) is 40.9 Å². The number of carbonyl (C=O) groups excluding carboxylic acids is 1. The quantitative estimate of drug-likeness (QED) is 0.931. The van der Waals surface area contributed by atoms with Crippen molar-refractivity contribution in [3.63, 3.8) is 0 Å². The van der Waals surface area contributed by atoms with Crippen LogP contribution < -0.4 is 5.32 Å². The number of nitrogens with zero attached hydrogens (tertiary/aromatic N) is 2. The van der Waals surface area contributed by atoms with Gasteiger partial charge in [-0.05, 0) is 31.4 Å². The van der Waals surface area contributed by atoms with Gasteiger partial charge in [-0.25, -0.2) is 0 Å². The van der Waals surface area contributed by atoms with E-state index in [0.717, 1.165) is 30.8 Å². The van der Waals surface area contributed by atoms with Gasteiger partial charge < -0.3 is 5.32 Å². The van der Waals surface area contributed by atoms with Crippen LogP contribution in [0.5, 0.6) is 0 Å². The predicted octanol–water partition coefficient (Wildman–Crippen LogP) is 3.15. The van der Waals surface area contributed by atoms with Crippen LogP contribution in [0, 0.1) is 6.92 Å². The lowest BCUT2D eigenvalue weighted by molar-refractivity contribution is -0.112. The average Bonchev–Trinajstić information content (AvgIpc) is 2.58. The molecule has 0 saturated carbocycles. The summed E-state index contributed by atoms with van der Waals surface area (Å²) in [6.45, 7) is 4.24. The molecule has 1 saturated heterocycles. The maximum atomic E-state index is 12.3. The van der Waals surface area contributed by atoms with Gasteiger partial charge in [-0.2, -0.15) is 0 Å². The highest BCUT2D eigenvalue weighted by Gasteiger charge is 2.22. The van der Waals surface area contributed by atoms with Crippen molar-refractivity contribution >= 4 is 17.8 Å². The summed E-state index contributed by atoms with van der Waals surface area (Å²) in [4.78, 5) is 19.3. The molecule has 2 aliphatic heterocycles. The minimum absolute atomic E-state index is 0.0739. The van der Waals surface area contributed by atoms with E-state index in [4.69, 9.17) is 0 Å². The molecule has 4 heteroatoms. The van der Waals surface area contributed by atoms with Gasteiger partial charge in [0.1, 0.15) is 6.17 Å². The molecule has 116 valence electrons. The molecule has 1 unspecified atom stereocenters. The molecule has 1 aromatic carbocycles. The fourth-order valence-corrected chi connectivity index (χ4v) is 3.03. The zero-order chi connectivity index (χ0) is 15.4. The van der Waals surface area contributed by atoms with Crippen molar-refractivity contribution in [1.82, 2.24) is 4.90 Å². The van der Waals surface area contributed by atoms with Gasteiger partial charge in [-0.1, -0.05) is 30.7 Å². The lowest BCUT2D eigenvalue weighted by atomic mass is 10.1. The Balaban J connectivity index is 1.60. The van der Waals surface area contributed by atoms with Crippen LogP contribution in [0.2, 0.25) is 0 Å². The number of aryl methyl sites for hydroxylation is 1. The van der Waals surface area contributed by atoms with Crippen LogP contribution in [-0.4, -0.2) is 36.3 Å². The first kappa shape index (κ1) is 15.0. The predicted molar refractivity (Wildman–Crippen MR) is 90.2 cm³/mol. The lowest BCUT2D eigenvalue weighted by Crippen LogP contribution is -2.39. The molecule has 22 heavy (non-hydrogen) atoms. The van der Waals surface area contributed by atoms with Crippen LogP contribution in [0.4, 0.5) is 5.69 Å². The van der Waals surface area contributed by atoms with Gasteiger partial charge in [0.25, 0.3) is 5.91 Å². The van der Waals surface area contributed by atoms with Crippen molar-refractivity contribution < 1.29 is 4.79 Å². The molecule has 0 bridgehead atoms. The van der Waals surface area contributed by atoms with E-state index in [1.165, 1.54) is 19.3 Å². The number of piperidine rings is 1. The number of amides is 1. The average molecular weight is 297 g/mol. The number of hydrogen-bond donors (Lipinski definition) is 1. The summed E-state index contributed by atoms with van der Waals surface area (Å²) < 4.78 is 0. The summed E-state index contributed by atoms with van der Waals surface area (Å²) in [5.74, 6) is -0.0739. The minimum atomic E-state index is -0.0739. The number of benzene rings is 1. The maximum Gasteiger partial charge on any atom is 0.256 e. The van der Waals surface area contributed by atoms with E-state index in [1.807, 2.05) is 37.3 Å². The number of nitrogens with one attached hydrogen (secondary N) is 1. The molecule has 3 rings (SSSR count). The van der Waals surface area contributed by atoms with Crippen molar-refractivity contribution in [2.24, 2.45) is 4.99 Å². The SMILES string of the molecule is Cc1ccccc1NC(=O)C1=CCC(N2CCCCC2)N=C1. The summed E-state index contributed by atoms with van der Waals surface area (Å²) in [6.07, 6.45) is 8.64. The Kier molecular flexibility index (Phi) is 4.68. The standard InChI is InChI=1S/C18H23N3O/c1-14-7-3-4-8-16(14)20-18(22)15-9-10-17(19-13-15)21-11-5-2-6-12-21/h3-4,7-9,13,17H,2,5-6,10-12H2,1H3,(H,20,22). The molecule has 4 nitrogen and oxygen atoms in total. The summed E-state index contributed by atoms with van der Waals surface area (Å²) >= 11 is 0. The normalized spacial score (nSPS) is 22.2. The van der Waals surface area contributed by atoms with Crippen molar-refractivity contribution in [2.75, 3.05) is 18.4 Å². The summed E-state index contributed by atoms with van der Waals surface area (Å²) in [5, 5.41) is 2.96. The highest BCUT2D eigenvalue weighted by atomic mass is 16.1. The molecule has 0 spiro atoms. The van der Waals surface area contributed by atoms with Gasteiger partial charge in [0.05, 0.1) is 5.57 Å². The van der Waals surface area contributed by atoms with Crippen LogP contribution in [0.25, 0.3) is 0 Å². The van der Waals surface area contributed by atoms with E-state index < -0.39 is 0 Å². The Hall–Kier alpha value is -1.94. The summed E-state index contributed by atoms with van der Waals surface area (Å²) in [6, 6.07) is 7.81. The second kappa shape index (κ2) is 6.88. The number of anilines is 1. The van der Waals surface area contributed by atoms with Gasteiger partial charge in [0, 0.05) is 31.4 Å². The lowest BCUT2D eigenvalue weighted by Gasteiger charge is -2.32. The van der Waals surface area contributed by atoms with Gasteiger partial charge in [-0.15, -0.1) is 0 Å². The third kappa shape index (κ3) is 3.45. The van der Waals surface area contributed by atoms with Crippen molar-refractivity contribution in [3.8, 4) is 0 Å². The minimum Gasteiger partial charge on any atom is -0.322 e. The van der Waals surface area contributed by atoms with E-state index in [2.05, 4.69) is 15.2 Å². The topological polar surface area (TPSA) is 44.7 Å². The van der Waals surface area contributed by atoms with Gasteiger partial charge in [0.2, 0.25) is 0 Å². The Morgan fingerprint density at radius 1 is 1.23 bits per heavy atom. The molecule has 1 fully saturated rings. The van der Waals surface area contributed by atoms with Crippen molar-refractivity contribution in [1.29, 1.82) is 0 Å². The first-order valence-corrected chi connectivity index (χ1v) is 8.08. The molecule has 0 aliphatic carbocycles. The second-order valence-electron chi connectivity index (χ2n) is 6.02. The van der Waals surface area contributed by atoms with Crippen molar-refractivity contribution in [3.05, 3.63) is 41.5 Å². The summed E-state index contributed by atoms with van der Waals surface area (Å²) in [7, 11) is 0. The van der Waals surface area contributed by atoms with E-state index in [1.54, 1.807) is 6.21 Å². The van der Waals surface area contributed by atoms with Crippen molar-refractivity contribution in [2.45, 2.75) is 38.8 Å². The van der Waals surface area contributed by atoms with Crippen LogP contribution in [0.3, 0.4) is 0 Å². The van der Waals surface area contributed by atoms with E-state index >= 15 is 0 Å². The number of aliphatic imine (C=N–C) groups is 1.